The minimum Gasteiger partial charge on any atom is -0.341 e. The van der Waals surface area contributed by atoms with E-state index in [0.717, 1.165) is 38.8 Å². The number of likely N-dealkylation sites (tertiary alicyclic amines) is 2. The highest BCUT2D eigenvalue weighted by molar-refractivity contribution is 6.09. The molecule has 0 aromatic heterocycles. The van der Waals surface area contributed by atoms with E-state index in [0.29, 0.717) is 11.8 Å². The number of allylic oxidation sites excluding steroid dienone is 2. The second-order valence-electron chi connectivity index (χ2n) is 8.26. The molecule has 2 bridgehead atoms. The first-order chi connectivity index (χ1) is 11.6. The van der Waals surface area contributed by atoms with Crippen LogP contribution in [0, 0.1) is 35.5 Å². The van der Waals surface area contributed by atoms with E-state index in [-0.39, 0.29) is 41.4 Å². The van der Waals surface area contributed by atoms with Crippen LogP contribution in [0.4, 0.5) is 0 Å². The van der Waals surface area contributed by atoms with Crippen molar-refractivity contribution in [3.8, 4) is 0 Å². The highest BCUT2D eigenvalue weighted by Gasteiger charge is 2.67. The maximum absolute atomic E-state index is 13.0. The van der Waals surface area contributed by atoms with Gasteiger partial charge >= 0.3 is 0 Å². The lowest BCUT2D eigenvalue weighted by Gasteiger charge is -2.37. The van der Waals surface area contributed by atoms with Crippen molar-refractivity contribution in [1.29, 1.82) is 0 Å². The van der Waals surface area contributed by atoms with Gasteiger partial charge in [-0.3, -0.25) is 19.3 Å². The molecule has 4 aliphatic carbocycles. The minimum atomic E-state index is -0.649. The highest BCUT2D eigenvalue weighted by atomic mass is 16.2. The largest absolute Gasteiger partial charge is 0.341 e. The number of hydrogen-bond acceptors (Lipinski definition) is 3. The van der Waals surface area contributed by atoms with Crippen LogP contribution in [0.3, 0.4) is 0 Å². The number of imide groups is 1. The Kier molecular flexibility index (Phi) is 3.01. The van der Waals surface area contributed by atoms with E-state index in [1.165, 1.54) is 4.90 Å². The summed E-state index contributed by atoms with van der Waals surface area (Å²) in [5, 5.41) is 0. The first-order valence-corrected chi connectivity index (χ1v) is 9.43. The number of carbonyl (C=O) groups is 3. The fourth-order valence-electron chi connectivity index (χ4n) is 5.85. The standard InChI is InChI=1S/C19H24N2O3/c1-10(17(22)20-7-3-2-4-8-20)21-18(23)15-11-5-6-12(14-9-13(11)14)16(15)19(21)24/h5-6,10-16H,2-4,7-9H2,1H3/t10-,11+,12+,13-,14+,15-,16+/m1/s1. The molecule has 2 heterocycles. The van der Waals surface area contributed by atoms with Crippen molar-refractivity contribution in [2.45, 2.75) is 38.6 Å². The van der Waals surface area contributed by atoms with Crippen LogP contribution in [-0.2, 0) is 14.4 Å². The van der Waals surface area contributed by atoms with Crippen LogP contribution in [0.1, 0.15) is 32.6 Å². The molecule has 0 radical (unpaired) electrons. The van der Waals surface area contributed by atoms with Gasteiger partial charge in [0.25, 0.3) is 0 Å². The molecule has 2 aliphatic heterocycles. The number of nitrogens with zero attached hydrogens (tertiary/aromatic N) is 2. The molecule has 24 heavy (non-hydrogen) atoms. The van der Waals surface area contributed by atoms with E-state index in [1.807, 2.05) is 4.90 Å². The van der Waals surface area contributed by atoms with Crippen LogP contribution in [0.25, 0.3) is 0 Å². The lowest BCUT2D eigenvalue weighted by Crippen LogP contribution is -2.51. The average molecular weight is 328 g/mol. The Balaban J connectivity index is 1.40. The fraction of sp³-hybridized carbons (Fsp3) is 0.737. The highest BCUT2D eigenvalue weighted by Crippen LogP contribution is 2.65. The summed E-state index contributed by atoms with van der Waals surface area (Å²) < 4.78 is 0. The molecule has 0 unspecified atom stereocenters. The van der Waals surface area contributed by atoms with Crippen LogP contribution < -0.4 is 0 Å². The monoisotopic (exact) mass is 328 g/mol. The van der Waals surface area contributed by atoms with E-state index < -0.39 is 6.04 Å². The summed E-state index contributed by atoms with van der Waals surface area (Å²) in [6, 6.07) is -0.649. The molecule has 128 valence electrons. The van der Waals surface area contributed by atoms with Crippen molar-refractivity contribution < 1.29 is 14.4 Å². The SMILES string of the molecule is C[C@H](C(=O)N1CCCCC1)N1C(=O)[C@@H]2[C@H]3C=C[C@@H]([C@@H]4C[C@H]34)[C@@H]2C1=O. The Bertz CT molecular complexity index is 615. The third-order valence-electron chi connectivity index (χ3n) is 7.11. The lowest BCUT2D eigenvalue weighted by molar-refractivity contribution is -0.151. The van der Waals surface area contributed by atoms with Crippen molar-refractivity contribution >= 4 is 17.7 Å². The molecular weight excluding hydrogens is 304 g/mol. The molecule has 6 aliphatic rings. The first-order valence-electron chi connectivity index (χ1n) is 9.43. The number of piperidine rings is 1. The van der Waals surface area contributed by atoms with Crippen molar-refractivity contribution in [3.63, 3.8) is 0 Å². The van der Waals surface area contributed by atoms with Crippen LogP contribution in [0.5, 0.6) is 0 Å². The van der Waals surface area contributed by atoms with E-state index in [1.54, 1.807) is 6.92 Å². The quantitative estimate of drug-likeness (QED) is 0.569. The van der Waals surface area contributed by atoms with Gasteiger partial charge in [-0.25, -0.2) is 0 Å². The topological polar surface area (TPSA) is 57.7 Å². The Labute approximate surface area is 142 Å². The molecule has 0 aromatic carbocycles. The van der Waals surface area contributed by atoms with Gasteiger partial charge in [-0.2, -0.15) is 0 Å². The van der Waals surface area contributed by atoms with Gasteiger partial charge in [-0.1, -0.05) is 12.2 Å². The second kappa shape index (κ2) is 4.93. The molecule has 0 spiro atoms. The molecule has 0 aromatic rings. The maximum atomic E-state index is 13.0. The van der Waals surface area contributed by atoms with Gasteiger partial charge in [0.15, 0.2) is 0 Å². The molecule has 2 saturated carbocycles. The first kappa shape index (κ1) is 14.7. The molecule has 2 saturated heterocycles. The third kappa shape index (κ3) is 1.78. The number of carbonyl (C=O) groups excluding carboxylic acids is 3. The predicted molar refractivity (Wildman–Crippen MR) is 86.4 cm³/mol. The second-order valence-corrected chi connectivity index (χ2v) is 8.26. The minimum absolute atomic E-state index is 0.0551. The summed E-state index contributed by atoms with van der Waals surface area (Å²) >= 11 is 0. The van der Waals surface area contributed by atoms with Crippen LogP contribution in [0.15, 0.2) is 12.2 Å². The molecule has 6 rings (SSSR count). The van der Waals surface area contributed by atoms with E-state index in [9.17, 15) is 14.4 Å². The zero-order chi connectivity index (χ0) is 16.6. The lowest BCUT2D eigenvalue weighted by atomic mass is 9.63. The van der Waals surface area contributed by atoms with Crippen molar-refractivity contribution in [1.82, 2.24) is 9.80 Å². The molecule has 5 nitrogen and oxygen atoms in total. The summed E-state index contributed by atoms with van der Waals surface area (Å²) in [6.07, 6.45) is 8.70. The zero-order valence-electron chi connectivity index (χ0n) is 14.1. The molecule has 5 heteroatoms. The maximum Gasteiger partial charge on any atom is 0.245 e. The smallest absolute Gasteiger partial charge is 0.245 e. The zero-order valence-corrected chi connectivity index (χ0v) is 14.1. The van der Waals surface area contributed by atoms with E-state index in [4.69, 9.17) is 0 Å². The van der Waals surface area contributed by atoms with Gasteiger partial charge in [-0.15, -0.1) is 0 Å². The van der Waals surface area contributed by atoms with Crippen molar-refractivity contribution in [2.24, 2.45) is 35.5 Å². The van der Waals surface area contributed by atoms with Crippen LogP contribution in [-0.4, -0.2) is 46.7 Å². The van der Waals surface area contributed by atoms with E-state index in [2.05, 4.69) is 12.2 Å². The summed E-state index contributed by atoms with van der Waals surface area (Å²) in [6.45, 7) is 3.24. The average Bonchev–Trinajstić information content (AvgIpc) is 3.39. The van der Waals surface area contributed by atoms with Crippen molar-refractivity contribution in [3.05, 3.63) is 12.2 Å². The molecule has 4 fully saturated rings. The fourth-order valence-corrected chi connectivity index (χ4v) is 5.85. The number of hydrogen-bond donors (Lipinski definition) is 0. The molecular formula is C19H24N2O3. The summed E-state index contributed by atoms with van der Waals surface area (Å²) in [4.78, 5) is 42.0. The summed E-state index contributed by atoms with van der Waals surface area (Å²) in [7, 11) is 0. The Morgan fingerprint density at radius 1 is 1.00 bits per heavy atom. The van der Waals surface area contributed by atoms with Gasteiger partial charge in [0.1, 0.15) is 6.04 Å². The van der Waals surface area contributed by atoms with Gasteiger partial charge in [0, 0.05) is 13.1 Å². The van der Waals surface area contributed by atoms with Gasteiger partial charge < -0.3 is 4.90 Å². The molecule has 0 N–H and O–H groups in total. The predicted octanol–water partition coefficient (Wildman–Crippen LogP) is 1.44. The number of rotatable bonds is 2. The van der Waals surface area contributed by atoms with Gasteiger partial charge in [-0.05, 0) is 56.3 Å². The Morgan fingerprint density at radius 2 is 1.54 bits per heavy atom. The Morgan fingerprint density at radius 3 is 2.08 bits per heavy atom. The summed E-state index contributed by atoms with van der Waals surface area (Å²) in [5.41, 5.74) is 0. The number of amides is 3. The van der Waals surface area contributed by atoms with Gasteiger partial charge in [0.2, 0.25) is 17.7 Å². The summed E-state index contributed by atoms with van der Waals surface area (Å²) in [5.74, 6) is 1.02. The Hall–Kier alpha value is -1.65. The molecule has 7 atom stereocenters. The van der Waals surface area contributed by atoms with Crippen molar-refractivity contribution in [2.75, 3.05) is 13.1 Å². The van der Waals surface area contributed by atoms with Crippen LogP contribution >= 0.6 is 0 Å². The van der Waals surface area contributed by atoms with E-state index >= 15 is 0 Å². The van der Waals surface area contributed by atoms with Crippen LogP contribution in [0.2, 0.25) is 0 Å². The molecule has 3 amide bonds. The third-order valence-corrected chi connectivity index (χ3v) is 7.11. The van der Waals surface area contributed by atoms with Gasteiger partial charge in [0.05, 0.1) is 11.8 Å². The normalized spacial score (nSPS) is 43.7.